The summed E-state index contributed by atoms with van der Waals surface area (Å²) in [6.45, 7) is 11.4. The van der Waals surface area contributed by atoms with Crippen molar-refractivity contribution in [3.05, 3.63) is 82.7 Å². The predicted molar refractivity (Wildman–Crippen MR) is 156 cm³/mol. The molecule has 3 aromatic rings. The number of fused-ring (bicyclic) bond motifs is 1. The van der Waals surface area contributed by atoms with E-state index in [-0.39, 0.29) is 49.1 Å². The minimum absolute atomic E-state index is 0.0148. The fourth-order valence-electron chi connectivity index (χ4n) is 5.63. The normalized spacial score (nSPS) is 15.5. The average Bonchev–Trinajstić information content (AvgIpc) is 3.41. The van der Waals surface area contributed by atoms with Gasteiger partial charge in [-0.25, -0.2) is 8.42 Å². The van der Waals surface area contributed by atoms with Crippen LogP contribution in [0.2, 0.25) is 0 Å². The second-order valence-corrected chi connectivity index (χ2v) is 12.6. The van der Waals surface area contributed by atoms with Gasteiger partial charge in [0.25, 0.3) is 0 Å². The fraction of sp³-hybridized carbons (Fsp3) is 0.452. The number of methoxy groups -OCH3 is 1. The first kappa shape index (κ1) is 29.8. The highest BCUT2D eigenvalue weighted by molar-refractivity contribution is 7.89. The number of nitrogens with zero attached hydrogens (tertiary/aromatic N) is 3. The van der Waals surface area contributed by atoms with Crippen molar-refractivity contribution in [2.24, 2.45) is 5.92 Å². The van der Waals surface area contributed by atoms with Crippen LogP contribution in [0, 0.1) is 26.7 Å². The summed E-state index contributed by atoms with van der Waals surface area (Å²) in [5.74, 6) is 0.833. The molecule has 1 aromatic heterocycles. The summed E-state index contributed by atoms with van der Waals surface area (Å²) in [6, 6.07) is 15.3. The number of carbonyl (C=O) groups excluding carboxylic acids is 1. The van der Waals surface area contributed by atoms with Crippen LogP contribution in [0.3, 0.4) is 0 Å². The van der Waals surface area contributed by atoms with E-state index in [9.17, 15) is 13.2 Å². The van der Waals surface area contributed by atoms with Gasteiger partial charge in [-0.2, -0.15) is 4.31 Å². The number of aromatic nitrogens is 1. The summed E-state index contributed by atoms with van der Waals surface area (Å²) in [7, 11) is -2.29. The molecule has 0 aliphatic carbocycles. The number of aryl methyl sites for hydroxylation is 1. The van der Waals surface area contributed by atoms with E-state index in [0.717, 1.165) is 23.4 Å². The smallest absolute Gasteiger partial charge is 0.249 e. The maximum Gasteiger partial charge on any atom is 0.249 e. The quantitative estimate of drug-likeness (QED) is 0.309. The standard InChI is InChI=1S/C31H41N3O5S/c1-22(2)30-27-13-10-14-32(27)15-16-34(30)29(35)21-39-18-17-33(20-26-11-8-7-9-12-26)40(36,37)31-23(3)19-28(38-6)24(4)25(31)5/h7-14,19,22,30H,15-18,20-21H2,1-6H3. The summed E-state index contributed by atoms with van der Waals surface area (Å²) in [4.78, 5) is 15.4. The van der Waals surface area contributed by atoms with Gasteiger partial charge in [0.1, 0.15) is 12.4 Å². The van der Waals surface area contributed by atoms with Crippen molar-refractivity contribution in [1.29, 1.82) is 0 Å². The molecule has 4 rings (SSSR count). The second-order valence-electron chi connectivity index (χ2n) is 10.8. The number of ether oxygens (including phenoxy) is 2. The third kappa shape index (κ3) is 6.11. The van der Waals surface area contributed by atoms with Gasteiger partial charge in [0.05, 0.1) is 24.7 Å². The maximum absolute atomic E-state index is 14.1. The molecule has 0 radical (unpaired) electrons. The Hall–Kier alpha value is -3.14. The highest BCUT2D eigenvalue weighted by atomic mass is 32.2. The van der Waals surface area contributed by atoms with Crippen molar-refractivity contribution < 1.29 is 22.7 Å². The summed E-state index contributed by atoms with van der Waals surface area (Å²) >= 11 is 0. The number of benzene rings is 2. The molecule has 0 fully saturated rings. The molecule has 0 saturated heterocycles. The van der Waals surface area contributed by atoms with Crippen molar-refractivity contribution in [1.82, 2.24) is 13.8 Å². The SMILES string of the molecule is COc1cc(C)c(S(=O)(=O)N(CCOCC(=O)N2CCn3cccc3C2C(C)C)Cc2ccccc2)c(C)c1C. The molecule has 8 nitrogen and oxygen atoms in total. The molecule has 1 aliphatic rings. The van der Waals surface area contributed by atoms with Crippen LogP contribution in [0.15, 0.2) is 59.6 Å². The van der Waals surface area contributed by atoms with Gasteiger partial charge in [-0.3, -0.25) is 4.79 Å². The van der Waals surface area contributed by atoms with Crippen LogP contribution in [0.1, 0.15) is 47.8 Å². The molecule has 1 atom stereocenters. The molecular weight excluding hydrogens is 526 g/mol. The molecule has 2 heterocycles. The molecule has 0 saturated carbocycles. The van der Waals surface area contributed by atoms with Crippen LogP contribution in [0.5, 0.6) is 5.75 Å². The van der Waals surface area contributed by atoms with Crippen LogP contribution in [-0.4, -0.2) is 61.5 Å². The van der Waals surface area contributed by atoms with Gasteiger partial charge in [0, 0.05) is 38.1 Å². The lowest BCUT2D eigenvalue weighted by Crippen LogP contribution is -2.45. The summed E-state index contributed by atoms with van der Waals surface area (Å²) in [5.41, 5.74) is 4.10. The molecule has 9 heteroatoms. The summed E-state index contributed by atoms with van der Waals surface area (Å²) < 4.78 is 43.1. The topological polar surface area (TPSA) is 81.1 Å². The Morgan fingerprint density at radius 2 is 1.77 bits per heavy atom. The Kier molecular flexibility index (Phi) is 9.38. The summed E-state index contributed by atoms with van der Waals surface area (Å²) in [5, 5.41) is 0. The van der Waals surface area contributed by atoms with E-state index in [4.69, 9.17) is 9.47 Å². The number of rotatable bonds is 11. The monoisotopic (exact) mass is 567 g/mol. The van der Waals surface area contributed by atoms with E-state index in [1.807, 2.05) is 55.1 Å². The first-order valence-corrected chi connectivity index (χ1v) is 15.2. The molecule has 1 aliphatic heterocycles. The molecule has 0 bridgehead atoms. The minimum atomic E-state index is -3.88. The van der Waals surface area contributed by atoms with Gasteiger partial charge < -0.3 is 18.9 Å². The van der Waals surface area contributed by atoms with Gasteiger partial charge in [0.2, 0.25) is 15.9 Å². The Bertz CT molecular complexity index is 1430. The molecule has 1 unspecified atom stereocenters. The fourth-order valence-corrected chi connectivity index (χ4v) is 7.53. The molecule has 0 N–H and O–H groups in total. The lowest BCUT2D eigenvalue weighted by atomic mass is 9.97. The maximum atomic E-state index is 14.1. The number of sulfonamides is 1. The van der Waals surface area contributed by atoms with Crippen LogP contribution in [0.4, 0.5) is 0 Å². The number of hydrogen-bond donors (Lipinski definition) is 0. The van der Waals surface area contributed by atoms with Crippen LogP contribution < -0.4 is 4.74 Å². The first-order chi connectivity index (χ1) is 19.1. The number of hydrogen-bond acceptors (Lipinski definition) is 5. The molecule has 0 spiro atoms. The number of carbonyl (C=O) groups is 1. The highest BCUT2D eigenvalue weighted by Gasteiger charge is 2.33. The van der Waals surface area contributed by atoms with Crippen molar-refractivity contribution in [3.8, 4) is 5.75 Å². The molecule has 216 valence electrons. The van der Waals surface area contributed by atoms with Crippen LogP contribution >= 0.6 is 0 Å². The van der Waals surface area contributed by atoms with Crippen molar-refractivity contribution in [2.75, 3.05) is 33.4 Å². The average molecular weight is 568 g/mol. The Morgan fingerprint density at radius 3 is 2.45 bits per heavy atom. The Balaban J connectivity index is 1.50. The second kappa shape index (κ2) is 12.6. The Morgan fingerprint density at radius 1 is 1.05 bits per heavy atom. The van der Waals surface area contributed by atoms with Crippen molar-refractivity contribution in [2.45, 2.75) is 58.6 Å². The predicted octanol–water partition coefficient (Wildman–Crippen LogP) is 4.87. The van der Waals surface area contributed by atoms with Crippen LogP contribution in [0.25, 0.3) is 0 Å². The third-order valence-corrected chi connectivity index (χ3v) is 9.88. The molecule has 2 aromatic carbocycles. The molecule has 40 heavy (non-hydrogen) atoms. The van der Waals surface area contributed by atoms with Gasteiger partial charge in [0.15, 0.2) is 0 Å². The molecular formula is C31H41N3O5S. The molecule has 1 amide bonds. The highest BCUT2D eigenvalue weighted by Crippen LogP contribution is 2.34. The van der Waals surface area contributed by atoms with E-state index >= 15 is 0 Å². The van der Waals surface area contributed by atoms with E-state index in [1.54, 1.807) is 20.1 Å². The lowest BCUT2D eigenvalue weighted by Gasteiger charge is -2.39. The zero-order valence-electron chi connectivity index (χ0n) is 24.4. The van der Waals surface area contributed by atoms with E-state index in [1.165, 1.54) is 4.31 Å². The van der Waals surface area contributed by atoms with Gasteiger partial charge in [-0.1, -0.05) is 44.2 Å². The lowest BCUT2D eigenvalue weighted by molar-refractivity contribution is -0.141. The third-order valence-electron chi connectivity index (χ3n) is 7.75. The largest absolute Gasteiger partial charge is 0.496 e. The number of amides is 1. The van der Waals surface area contributed by atoms with Gasteiger partial charge in [-0.05, 0) is 67.1 Å². The van der Waals surface area contributed by atoms with Gasteiger partial charge in [-0.15, -0.1) is 0 Å². The van der Waals surface area contributed by atoms with Crippen molar-refractivity contribution >= 4 is 15.9 Å². The van der Waals surface area contributed by atoms with Gasteiger partial charge >= 0.3 is 0 Å². The summed E-state index contributed by atoms with van der Waals surface area (Å²) in [6.07, 6.45) is 2.05. The minimum Gasteiger partial charge on any atom is -0.496 e. The first-order valence-electron chi connectivity index (χ1n) is 13.8. The zero-order valence-corrected chi connectivity index (χ0v) is 25.2. The van der Waals surface area contributed by atoms with Crippen molar-refractivity contribution in [3.63, 3.8) is 0 Å². The Labute approximate surface area is 238 Å². The van der Waals surface area contributed by atoms with E-state index < -0.39 is 10.0 Å². The van der Waals surface area contributed by atoms with Crippen LogP contribution in [-0.2, 0) is 32.6 Å². The van der Waals surface area contributed by atoms with E-state index in [0.29, 0.717) is 23.4 Å². The van der Waals surface area contributed by atoms with E-state index in [2.05, 4.69) is 30.7 Å². The zero-order chi connectivity index (χ0) is 29.0.